The van der Waals surface area contributed by atoms with Gasteiger partial charge in [-0.25, -0.2) is 0 Å². The Hall–Kier alpha value is -2.25. The third-order valence-electron chi connectivity index (χ3n) is 4.65. The molecular weight excluding hydrogens is 302 g/mol. The summed E-state index contributed by atoms with van der Waals surface area (Å²) < 4.78 is 0. The summed E-state index contributed by atoms with van der Waals surface area (Å²) in [5.74, 6) is 0.168. The minimum Gasteiger partial charge on any atom is -0.370 e. The summed E-state index contributed by atoms with van der Waals surface area (Å²) in [7, 11) is 2.16. The van der Waals surface area contributed by atoms with Crippen LogP contribution in [-0.4, -0.2) is 7.05 Å². The van der Waals surface area contributed by atoms with Gasteiger partial charge in [0.15, 0.2) is 0 Å². The number of halogens is 1. The minimum absolute atomic E-state index is 0.168. The maximum absolute atomic E-state index is 6.57. The standard InChI is InChI=1S/C21H18ClN/c1-23-14-15-8-2-3-9-16(15)21(17-10-4-6-12-19(17)22)18-11-5-7-13-20(18)23/h2-13,21H,14H2,1H3. The smallest absolute Gasteiger partial charge is 0.0447 e. The van der Waals surface area contributed by atoms with E-state index in [0.717, 1.165) is 11.6 Å². The molecule has 1 aliphatic heterocycles. The fraction of sp³-hybridized carbons (Fsp3) is 0.143. The van der Waals surface area contributed by atoms with E-state index in [1.807, 2.05) is 12.1 Å². The summed E-state index contributed by atoms with van der Waals surface area (Å²) in [6, 6.07) is 25.5. The van der Waals surface area contributed by atoms with E-state index in [4.69, 9.17) is 11.6 Å². The lowest BCUT2D eigenvalue weighted by Gasteiger charge is -2.23. The highest BCUT2D eigenvalue weighted by atomic mass is 35.5. The molecule has 3 aromatic rings. The van der Waals surface area contributed by atoms with Crippen LogP contribution in [0.15, 0.2) is 72.8 Å². The van der Waals surface area contributed by atoms with Gasteiger partial charge in [0, 0.05) is 30.2 Å². The van der Waals surface area contributed by atoms with Crippen molar-refractivity contribution in [3.63, 3.8) is 0 Å². The average Bonchev–Trinajstić information content (AvgIpc) is 2.70. The minimum atomic E-state index is 0.168. The largest absolute Gasteiger partial charge is 0.370 e. The molecule has 0 amide bonds. The SMILES string of the molecule is CN1Cc2ccccc2C(c2ccccc2Cl)c2ccccc21. The average molecular weight is 320 g/mol. The topological polar surface area (TPSA) is 3.24 Å². The molecule has 0 saturated carbocycles. The van der Waals surface area contributed by atoms with Crippen molar-refractivity contribution >= 4 is 17.3 Å². The highest BCUT2D eigenvalue weighted by Crippen LogP contribution is 2.43. The number of benzene rings is 3. The van der Waals surface area contributed by atoms with E-state index < -0.39 is 0 Å². The van der Waals surface area contributed by atoms with Gasteiger partial charge in [-0.05, 0) is 34.4 Å². The van der Waals surface area contributed by atoms with E-state index in [0.29, 0.717) is 0 Å². The van der Waals surface area contributed by atoms with Crippen LogP contribution >= 0.6 is 11.6 Å². The normalized spacial score (nSPS) is 16.4. The van der Waals surface area contributed by atoms with Crippen molar-refractivity contribution in [2.75, 3.05) is 11.9 Å². The summed E-state index contributed by atoms with van der Waals surface area (Å²) in [5.41, 5.74) is 6.46. The maximum Gasteiger partial charge on any atom is 0.0447 e. The lowest BCUT2D eigenvalue weighted by atomic mass is 9.83. The van der Waals surface area contributed by atoms with Gasteiger partial charge in [-0.1, -0.05) is 72.3 Å². The molecule has 0 radical (unpaired) electrons. The molecule has 0 aliphatic carbocycles. The van der Waals surface area contributed by atoms with Gasteiger partial charge in [-0.15, -0.1) is 0 Å². The molecule has 1 aliphatic rings. The predicted molar refractivity (Wildman–Crippen MR) is 97.4 cm³/mol. The van der Waals surface area contributed by atoms with E-state index in [2.05, 4.69) is 72.6 Å². The second kappa shape index (κ2) is 5.75. The number of hydrogen-bond acceptors (Lipinski definition) is 1. The number of para-hydroxylation sites is 1. The molecule has 2 heteroatoms. The van der Waals surface area contributed by atoms with E-state index >= 15 is 0 Å². The molecular formula is C21H18ClN. The monoisotopic (exact) mass is 319 g/mol. The van der Waals surface area contributed by atoms with Crippen LogP contribution in [0.1, 0.15) is 28.2 Å². The number of fused-ring (bicyclic) bond motifs is 2. The molecule has 114 valence electrons. The van der Waals surface area contributed by atoms with Gasteiger partial charge in [0.05, 0.1) is 0 Å². The Morgan fingerprint density at radius 3 is 2.17 bits per heavy atom. The van der Waals surface area contributed by atoms with Gasteiger partial charge >= 0.3 is 0 Å². The lowest BCUT2D eigenvalue weighted by Crippen LogP contribution is -2.16. The van der Waals surface area contributed by atoms with Crippen molar-refractivity contribution < 1.29 is 0 Å². The van der Waals surface area contributed by atoms with Gasteiger partial charge in [-0.3, -0.25) is 0 Å². The van der Waals surface area contributed by atoms with Crippen LogP contribution in [-0.2, 0) is 6.54 Å². The summed E-state index contributed by atoms with van der Waals surface area (Å²) in [5, 5.41) is 0.826. The van der Waals surface area contributed by atoms with E-state index in [-0.39, 0.29) is 5.92 Å². The van der Waals surface area contributed by atoms with Gasteiger partial charge in [0.2, 0.25) is 0 Å². The van der Waals surface area contributed by atoms with Gasteiger partial charge in [0.25, 0.3) is 0 Å². The van der Waals surface area contributed by atoms with E-state index in [1.54, 1.807) is 0 Å². The molecule has 0 fully saturated rings. The van der Waals surface area contributed by atoms with Crippen molar-refractivity contribution in [1.82, 2.24) is 0 Å². The Bertz CT molecular complexity index is 856. The molecule has 0 bridgehead atoms. The zero-order chi connectivity index (χ0) is 15.8. The summed E-state index contributed by atoms with van der Waals surface area (Å²) in [4.78, 5) is 2.32. The van der Waals surface area contributed by atoms with Crippen LogP contribution in [0, 0.1) is 0 Å². The summed E-state index contributed by atoms with van der Waals surface area (Å²) >= 11 is 6.57. The molecule has 0 spiro atoms. The first-order chi connectivity index (χ1) is 11.3. The van der Waals surface area contributed by atoms with E-state index in [9.17, 15) is 0 Å². The Labute approximate surface area is 142 Å². The molecule has 23 heavy (non-hydrogen) atoms. The van der Waals surface area contributed by atoms with Crippen LogP contribution in [0.4, 0.5) is 5.69 Å². The highest BCUT2D eigenvalue weighted by Gasteiger charge is 2.27. The van der Waals surface area contributed by atoms with Gasteiger partial charge < -0.3 is 4.90 Å². The number of anilines is 1. The Balaban J connectivity index is 2.04. The van der Waals surface area contributed by atoms with E-state index in [1.165, 1.54) is 27.9 Å². The second-order valence-electron chi connectivity index (χ2n) is 6.07. The fourth-order valence-electron chi connectivity index (χ4n) is 3.59. The van der Waals surface area contributed by atoms with Crippen LogP contribution in [0.2, 0.25) is 5.02 Å². The van der Waals surface area contributed by atoms with Crippen molar-refractivity contribution in [3.8, 4) is 0 Å². The first-order valence-electron chi connectivity index (χ1n) is 7.88. The maximum atomic E-state index is 6.57. The molecule has 0 saturated heterocycles. The van der Waals surface area contributed by atoms with Crippen molar-refractivity contribution in [3.05, 3.63) is 100 Å². The van der Waals surface area contributed by atoms with Gasteiger partial charge in [0.1, 0.15) is 0 Å². The van der Waals surface area contributed by atoms with Crippen LogP contribution in [0.3, 0.4) is 0 Å². The molecule has 3 aromatic carbocycles. The molecule has 1 atom stereocenters. The third kappa shape index (κ3) is 2.42. The quantitative estimate of drug-likeness (QED) is 0.575. The first kappa shape index (κ1) is 14.3. The third-order valence-corrected chi connectivity index (χ3v) is 4.99. The zero-order valence-electron chi connectivity index (χ0n) is 13.0. The number of rotatable bonds is 1. The van der Waals surface area contributed by atoms with Gasteiger partial charge in [-0.2, -0.15) is 0 Å². The Kier molecular flexibility index (Phi) is 3.59. The summed E-state index contributed by atoms with van der Waals surface area (Å²) in [6.45, 7) is 0.911. The van der Waals surface area contributed by atoms with Crippen molar-refractivity contribution in [2.24, 2.45) is 0 Å². The highest BCUT2D eigenvalue weighted by molar-refractivity contribution is 6.31. The second-order valence-corrected chi connectivity index (χ2v) is 6.48. The molecule has 0 N–H and O–H groups in total. The molecule has 4 rings (SSSR count). The summed E-state index contributed by atoms with van der Waals surface area (Å²) in [6.07, 6.45) is 0. The van der Waals surface area contributed by atoms with Crippen LogP contribution in [0.25, 0.3) is 0 Å². The molecule has 1 unspecified atom stereocenters. The first-order valence-corrected chi connectivity index (χ1v) is 8.26. The number of hydrogen-bond donors (Lipinski definition) is 0. The van der Waals surface area contributed by atoms with Crippen LogP contribution < -0.4 is 4.90 Å². The molecule has 0 aromatic heterocycles. The molecule has 1 heterocycles. The zero-order valence-corrected chi connectivity index (χ0v) is 13.8. The fourth-order valence-corrected chi connectivity index (χ4v) is 3.84. The lowest BCUT2D eigenvalue weighted by molar-refractivity contribution is 0.923. The molecule has 1 nitrogen and oxygen atoms in total. The van der Waals surface area contributed by atoms with Crippen molar-refractivity contribution in [2.45, 2.75) is 12.5 Å². The van der Waals surface area contributed by atoms with Crippen LogP contribution in [0.5, 0.6) is 0 Å². The predicted octanol–water partition coefficient (Wildman–Crippen LogP) is 5.47. The Morgan fingerprint density at radius 1 is 0.783 bits per heavy atom. The Morgan fingerprint density at radius 2 is 1.39 bits per heavy atom. The van der Waals surface area contributed by atoms with Crippen molar-refractivity contribution in [1.29, 1.82) is 0 Å². The number of nitrogens with zero attached hydrogens (tertiary/aromatic N) is 1.